The molecule has 0 saturated carbocycles. The van der Waals surface area contributed by atoms with Gasteiger partial charge < -0.3 is 48.3 Å². The molecule has 0 radical (unpaired) electrons. The minimum Gasteiger partial charge on any atom is -0.436 e. The molecule has 4 amide bonds. The smallest absolute Gasteiger partial charge is 0.436 e. The monoisotopic (exact) mass is 879 g/mol. The van der Waals surface area contributed by atoms with Crippen LogP contribution >= 0.6 is 0 Å². The fraction of sp³-hybridized carbons (Fsp3) is 0.600. The molecule has 4 aliphatic heterocycles. The zero-order chi connectivity index (χ0) is 44.3. The van der Waals surface area contributed by atoms with Crippen LogP contribution in [0.4, 0.5) is 20.1 Å². The summed E-state index contributed by atoms with van der Waals surface area (Å²) in [4.78, 5) is 86.8. The summed E-state index contributed by atoms with van der Waals surface area (Å²) in [5.41, 5.74) is 4.55. The summed E-state index contributed by atoms with van der Waals surface area (Å²) in [7, 11) is 2.05. The first kappa shape index (κ1) is 48.4. The second-order valence-electron chi connectivity index (χ2n) is 16.6. The molecule has 0 spiro atoms. The van der Waals surface area contributed by atoms with E-state index in [1.807, 2.05) is 54.1 Å². The number of nitrogens with zero attached hydrogens (tertiary/aromatic N) is 5. The number of amides is 4. The first-order chi connectivity index (χ1) is 29.8. The fourth-order valence-corrected chi connectivity index (χ4v) is 8.26. The highest BCUT2D eigenvalue weighted by atomic mass is 16.8. The maximum Gasteiger partial charge on any atom is 0.511 e. The number of fused-ring (bicyclic) bond motifs is 2. The van der Waals surface area contributed by atoms with Crippen molar-refractivity contribution in [2.24, 2.45) is 5.92 Å². The number of hydrogen-bond donors (Lipinski definition) is 2. The van der Waals surface area contributed by atoms with Crippen LogP contribution in [0.1, 0.15) is 70.6 Å². The largest absolute Gasteiger partial charge is 0.511 e. The summed E-state index contributed by atoms with van der Waals surface area (Å²) in [5.74, 6) is -0.596. The number of hydrogen-bond acceptors (Lipinski definition) is 13. The molecule has 18 nitrogen and oxygen atoms in total. The van der Waals surface area contributed by atoms with E-state index in [1.165, 1.54) is 6.92 Å². The van der Waals surface area contributed by atoms with Gasteiger partial charge in [-0.3, -0.25) is 19.5 Å². The fourth-order valence-electron chi connectivity index (χ4n) is 8.26. The second kappa shape index (κ2) is 22.6. The zero-order valence-electron chi connectivity index (χ0n) is 36.5. The van der Waals surface area contributed by atoms with Gasteiger partial charge in [0.15, 0.2) is 11.7 Å². The number of ether oxygens (including phenoxy) is 4. The minimum atomic E-state index is -1.00. The number of aromatic amines is 1. The van der Waals surface area contributed by atoms with Crippen molar-refractivity contribution in [1.29, 1.82) is 0 Å². The molecule has 3 saturated heterocycles. The first-order valence-corrected chi connectivity index (χ1v) is 21.7. The molecule has 18 heteroatoms. The molecular weight excluding hydrogens is 815 g/mol. The van der Waals surface area contributed by atoms with Crippen LogP contribution in [-0.4, -0.2) is 157 Å². The number of carbonyl (C=O) groups is 5. The van der Waals surface area contributed by atoms with Gasteiger partial charge in [0.25, 0.3) is 5.91 Å². The van der Waals surface area contributed by atoms with Gasteiger partial charge >= 0.3 is 30.0 Å². The maximum atomic E-state index is 13.7. The number of likely N-dealkylation sites (N-methyl/N-ethyl adjacent to an activating group) is 1. The number of likely N-dealkylation sites (tertiary alicyclic amines) is 2. The molecule has 2 atom stereocenters. The first-order valence-electron chi connectivity index (χ1n) is 21.7. The lowest BCUT2D eigenvalue weighted by Gasteiger charge is -2.38. The number of urea groups is 1. The number of H-pyrrole nitrogens is 1. The molecular formula is C45H65N7O11. The van der Waals surface area contributed by atoms with Crippen LogP contribution in [0, 0.1) is 12.8 Å². The van der Waals surface area contributed by atoms with Crippen LogP contribution < -0.4 is 11.1 Å². The Balaban J connectivity index is 0.000000316. The molecule has 63 heavy (non-hydrogen) atoms. The third kappa shape index (κ3) is 13.4. The summed E-state index contributed by atoms with van der Waals surface area (Å²) < 4.78 is 25.5. The van der Waals surface area contributed by atoms with E-state index < -0.39 is 36.4 Å². The number of piperidine rings is 2. The maximum absolute atomic E-state index is 13.7. The summed E-state index contributed by atoms with van der Waals surface area (Å²) in [5, 5.41) is 3.03. The topological polar surface area (TPSA) is 196 Å². The molecule has 5 heterocycles. The Hall–Kier alpha value is -5.62. The van der Waals surface area contributed by atoms with Gasteiger partial charge in [-0.1, -0.05) is 38.6 Å². The van der Waals surface area contributed by atoms with E-state index in [4.69, 9.17) is 18.6 Å². The summed E-state index contributed by atoms with van der Waals surface area (Å²) in [6.07, 6.45) is 0.733. The molecule has 0 aliphatic carbocycles. The Morgan fingerprint density at radius 3 is 2.25 bits per heavy atom. The van der Waals surface area contributed by atoms with Crippen LogP contribution in [0.2, 0.25) is 0 Å². The normalized spacial score (nSPS) is 18.7. The van der Waals surface area contributed by atoms with Crippen molar-refractivity contribution >= 4 is 46.9 Å². The highest BCUT2D eigenvalue weighted by molar-refractivity contribution is 5.91. The molecule has 346 valence electrons. The Morgan fingerprint density at radius 2 is 1.56 bits per heavy atom. The predicted molar refractivity (Wildman–Crippen MR) is 235 cm³/mol. The van der Waals surface area contributed by atoms with Crippen LogP contribution in [0.3, 0.4) is 0 Å². The molecule has 1 unspecified atom stereocenters. The van der Waals surface area contributed by atoms with E-state index >= 15 is 0 Å². The van der Waals surface area contributed by atoms with Gasteiger partial charge in [-0.2, -0.15) is 0 Å². The van der Waals surface area contributed by atoms with Gasteiger partial charge in [0.2, 0.25) is 6.29 Å². The van der Waals surface area contributed by atoms with Gasteiger partial charge in [-0.05, 0) is 87.7 Å². The highest BCUT2D eigenvalue weighted by Gasteiger charge is 2.35. The number of nitrogens with one attached hydrogen (secondary N) is 2. The van der Waals surface area contributed by atoms with Gasteiger partial charge in [-0.15, -0.1) is 0 Å². The third-order valence-electron chi connectivity index (χ3n) is 11.9. The van der Waals surface area contributed by atoms with E-state index in [0.717, 1.165) is 67.8 Å². The van der Waals surface area contributed by atoms with Crippen molar-refractivity contribution in [2.45, 2.75) is 92.1 Å². The Bertz CT molecular complexity index is 2080. The minimum absolute atomic E-state index is 0. The van der Waals surface area contributed by atoms with E-state index in [1.54, 1.807) is 22.8 Å². The van der Waals surface area contributed by atoms with Crippen molar-refractivity contribution in [2.75, 3.05) is 84.4 Å². The predicted octanol–water partition coefficient (Wildman–Crippen LogP) is 5.22. The van der Waals surface area contributed by atoms with E-state index in [-0.39, 0.29) is 45.0 Å². The molecule has 2 aromatic carbocycles. The van der Waals surface area contributed by atoms with Crippen molar-refractivity contribution in [3.8, 4) is 0 Å². The van der Waals surface area contributed by atoms with Crippen molar-refractivity contribution in [1.82, 2.24) is 29.5 Å². The number of piperazine rings is 1. The number of carbonyl (C=O) groups excluding carboxylic acids is 5. The molecule has 1 aromatic heterocycles. The lowest BCUT2D eigenvalue weighted by Crippen LogP contribution is -2.51. The van der Waals surface area contributed by atoms with Crippen molar-refractivity contribution in [3.05, 3.63) is 63.6 Å². The Kier molecular flexibility index (Phi) is 17.4. The van der Waals surface area contributed by atoms with Gasteiger partial charge in [-0.25, -0.2) is 19.2 Å². The average molecular weight is 880 g/mol. The quantitative estimate of drug-likeness (QED) is 0.153. The van der Waals surface area contributed by atoms with Gasteiger partial charge in [0.1, 0.15) is 0 Å². The summed E-state index contributed by atoms with van der Waals surface area (Å²) in [6, 6.07) is 11.4. The lowest BCUT2D eigenvalue weighted by molar-refractivity contribution is -0.169. The number of oxazole rings is 1. The Labute approximate surface area is 369 Å². The molecule has 0 bridgehead atoms. The summed E-state index contributed by atoms with van der Waals surface area (Å²) >= 11 is 0. The number of anilines is 1. The second-order valence-corrected chi connectivity index (χ2v) is 16.6. The average Bonchev–Trinajstić information content (AvgIpc) is 3.54. The zero-order valence-corrected chi connectivity index (χ0v) is 36.5. The molecule has 3 fully saturated rings. The highest BCUT2D eigenvalue weighted by Crippen LogP contribution is 2.26. The van der Waals surface area contributed by atoms with E-state index in [0.29, 0.717) is 62.6 Å². The number of rotatable bonds is 10. The third-order valence-corrected chi connectivity index (χ3v) is 11.9. The Morgan fingerprint density at radius 1 is 0.873 bits per heavy atom. The van der Waals surface area contributed by atoms with Crippen LogP contribution in [0.25, 0.3) is 11.1 Å². The molecule has 7 rings (SSSR count). The number of esters is 1. The van der Waals surface area contributed by atoms with E-state index in [9.17, 15) is 28.8 Å². The summed E-state index contributed by atoms with van der Waals surface area (Å²) in [6.45, 7) is 13.9. The number of aromatic nitrogens is 1. The lowest BCUT2D eigenvalue weighted by atomic mass is 9.98. The SMILES string of the molecule is C.CCOC(=O)OC(C)OC(=O)CN1CCN(C)CC1.Cc1cc(C[C@@H](OC(=O)N2CCC(N3CCc4ccccc4NC3=O)CC2)C(=O)N2CCC(C)CC2)cc2oc(=O)[nH]c12. The number of aryl methyl sites for hydroxylation is 1. The standard InChI is InChI=1S/C32H39N5O6.C12H22N2O5.CH4/c1-20-7-12-35(13-8-20)29(38)27(19-22-17-21(2)28-26(18-22)42-31(40)34-28)43-32(41)36-14-10-24(11-15-36)37-16-9-23-5-3-4-6-25(23)33-30(37)39;1-4-17-12(16)19-10(2)18-11(15)9-14-7-5-13(3)6-8-14;/h3-6,17-18,20,24,27H,7-16,19H2,1-2H3,(H,33,39)(H,34,40);10H,4-9H2,1-3H3;1H4/t27-;;/m1../s1. The van der Waals surface area contributed by atoms with Gasteiger partial charge in [0.05, 0.1) is 18.7 Å². The van der Waals surface area contributed by atoms with Crippen molar-refractivity contribution in [3.63, 3.8) is 0 Å². The molecule has 3 aromatic rings. The van der Waals surface area contributed by atoms with Crippen LogP contribution in [0.5, 0.6) is 0 Å². The number of para-hydroxylation sites is 1. The van der Waals surface area contributed by atoms with Crippen LogP contribution in [-0.2, 0) is 41.4 Å². The van der Waals surface area contributed by atoms with E-state index in [2.05, 4.69) is 26.9 Å². The molecule has 2 N–H and O–H groups in total. The van der Waals surface area contributed by atoms with Crippen LogP contribution in [0.15, 0.2) is 45.6 Å². The molecule has 4 aliphatic rings. The van der Waals surface area contributed by atoms with Gasteiger partial charge in [0, 0.05) is 84.0 Å². The van der Waals surface area contributed by atoms with Crippen molar-refractivity contribution < 1.29 is 47.3 Å². The number of benzene rings is 2.